The number of halogens is 1. The molecular formula is C22H19ClN4O2. The molecule has 2 aromatic heterocycles. The Morgan fingerprint density at radius 1 is 1.10 bits per heavy atom. The molecule has 2 aromatic carbocycles. The zero-order valence-electron chi connectivity index (χ0n) is 15.6. The van der Waals surface area contributed by atoms with E-state index in [0.29, 0.717) is 30.3 Å². The summed E-state index contributed by atoms with van der Waals surface area (Å²) in [5.74, 6) is 0.521. The Bertz CT molecular complexity index is 1140. The first kappa shape index (κ1) is 19.0. The first-order valence-electron chi connectivity index (χ1n) is 9.27. The van der Waals surface area contributed by atoms with Crippen LogP contribution in [0.3, 0.4) is 0 Å². The largest absolute Gasteiger partial charge is 0.491 e. The van der Waals surface area contributed by atoms with E-state index in [0.717, 1.165) is 22.3 Å². The number of benzene rings is 2. The van der Waals surface area contributed by atoms with E-state index in [4.69, 9.17) is 16.3 Å². The number of aromatic nitrogens is 3. The maximum absolute atomic E-state index is 12.3. The molecule has 0 unspecified atom stereocenters. The van der Waals surface area contributed by atoms with Crippen molar-refractivity contribution < 1.29 is 9.53 Å². The first-order chi connectivity index (χ1) is 14.2. The van der Waals surface area contributed by atoms with Crippen molar-refractivity contribution in [2.24, 2.45) is 0 Å². The van der Waals surface area contributed by atoms with Gasteiger partial charge >= 0.3 is 0 Å². The van der Waals surface area contributed by atoms with Gasteiger partial charge in [-0.05, 0) is 42.8 Å². The zero-order valence-corrected chi connectivity index (χ0v) is 16.3. The van der Waals surface area contributed by atoms with Crippen molar-refractivity contribution in [2.45, 2.75) is 6.42 Å². The zero-order chi connectivity index (χ0) is 20.1. The lowest BCUT2D eigenvalue weighted by atomic mass is 10.2. The minimum absolute atomic E-state index is 0.224. The van der Waals surface area contributed by atoms with E-state index < -0.39 is 0 Å². The van der Waals surface area contributed by atoms with E-state index in [2.05, 4.69) is 15.4 Å². The molecule has 4 rings (SSSR count). The highest BCUT2D eigenvalue weighted by Crippen LogP contribution is 2.22. The van der Waals surface area contributed by atoms with Gasteiger partial charge in [-0.3, -0.25) is 9.78 Å². The molecule has 1 N–H and O–H groups in total. The average Bonchev–Trinajstić information content (AvgIpc) is 3.24. The molecule has 146 valence electrons. The Balaban J connectivity index is 1.27. The van der Waals surface area contributed by atoms with Crippen molar-refractivity contribution in [1.29, 1.82) is 0 Å². The molecule has 0 aliphatic heterocycles. The second-order valence-electron chi connectivity index (χ2n) is 6.41. The molecule has 0 aliphatic rings. The van der Waals surface area contributed by atoms with Crippen LogP contribution in [0.4, 0.5) is 0 Å². The SMILES string of the molecule is O=C(NCCCOc1cccc2cccnc12)c1ccn(-c2cccc(Cl)c2)n1. The second-order valence-corrected chi connectivity index (χ2v) is 6.85. The van der Waals surface area contributed by atoms with Crippen LogP contribution in [0, 0.1) is 0 Å². The van der Waals surface area contributed by atoms with E-state index in [1.54, 1.807) is 35.3 Å². The molecule has 7 heteroatoms. The molecule has 0 fully saturated rings. The van der Waals surface area contributed by atoms with Crippen molar-refractivity contribution in [2.75, 3.05) is 13.2 Å². The third-order valence-electron chi connectivity index (χ3n) is 4.35. The third kappa shape index (κ3) is 4.55. The van der Waals surface area contributed by atoms with Gasteiger partial charge in [0, 0.05) is 29.3 Å². The summed E-state index contributed by atoms with van der Waals surface area (Å²) in [6.07, 6.45) is 4.15. The molecular weight excluding hydrogens is 388 g/mol. The normalized spacial score (nSPS) is 10.8. The summed E-state index contributed by atoms with van der Waals surface area (Å²) < 4.78 is 7.46. The smallest absolute Gasteiger partial charge is 0.271 e. The summed E-state index contributed by atoms with van der Waals surface area (Å²) in [5, 5.41) is 8.82. The molecule has 1 amide bonds. The van der Waals surface area contributed by atoms with Gasteiger partial charge in [-0.2, -0.15) is 5.10 Å². The Morgan fingerprint density at radius 2 is 1.97 bits per heavy atom. The van der Waals surface area contributed by atoms with Gasteiger partial charge in [0.2, 0.25) is 0 Å². The van der Waals surface area contributed by atoms with E-state index in [1.165, 1.54) is 0 Å². The van der Waals surface area contributed by atoms with E-state index in [1.807, 2.05) is 42.5 Å². The van der Waals surface area contributed by atoms with Crippen molar-refractivity contribution in [1.82, 2.24) is 20.1 Å². The summed E-state index contributed by atoms with van der Waals surface area (Å²) in [5.41, 5.74) is 1.99. The fourth-order valence-corrected chi connectivity index (χ4v) is 3.13. The highest BCUT2D eigenvalue weighted by atomic mass is 35.5. The summed E-state index contributed by atoms with van der Waals surface area (Å²) in [6.45, 7) is 0.966. The minimum atomic E-state index is -0.224. The van der Waals surface area contributed by atoms with Gasteiger partial charge in [0.1, 0.15) is 11.3 Å². The molecule has 0 atom stereocenters. The number of nitrogens with zero attached hydrogens (tertiary/aromatic N) is 3. The highest BCUT2D eigenvalue weighted by molar-refractivity contribution is 6.30. The molecule has 4 aromatic rings. The van der Waals surface area contributed by atoms with Gasteiger partial charge in [0.25, 0.3) is 5.91 Å². The van der Waals surface area contributed by atoms with Gasteiger partial charge < -0.3 is 10.1 Å². The molecule has 29 heavy (non-hydrogen) atoms. The number of pyridine rings is 1. The van der Waals surface area contributed by atoms with Crippen LogP contribution < -0.4 is 10.1 Å². The predicted octanol–water partition coefficient (Wildman–Crippen LogP) is 4.27. The summed E-state index contributed by atoms with van der Waals surface area (Å²) >= 11 is 6.00. The van der Waals surface area contributed by atoms with Crippen LogP contribution in [0.15, 0.2) is 73.1 Å². The predicted molar refractivity (Wildman–Crippen MR) is 113 cm³/mol. The van der Waals surface area contributed by atoms with Crippen LogP contribution in [-0.4, -0.2) is 33.8 Å². The third-order valence-corrected chi connectivity index (χ3v) is 4.59. The van der Waals surface area contributed by atoms with Crippen molar-refractivity contribution >= 4 is 28.4 Å². The van der Waals surface area contributed by atoms with Crippen LogP contribution in [0.5, 0.6) is 5.75 Å². The summed E-state index contributed by atoms with van der Waals surface area (Å²) in [4.78, 5) is 16.7. The number of hydrogen-bond acceptors (Lipinski definition) is 4. The molecule has 2 heterocycles. The first-order valence-corrected chi connectivity index (χ1v) is 9.65. The number of amides is 1. The maximum Gasteiger partial charge on any atom is 0.271 e. The lowest BCUT2D eigenvalue weighted by molar-refractivity contribution is 0.0946. The number of fused-ring (bicyclic) bond motifs is 1. The molecule has 0 saturated carbocycles. The molecule has 0 bridgehead atoms. The molecule has 6 nitrogen and oxygen atoms in total. The number of carbonyl (C=O) groups excluding carboxylic acids is 1. The van der Waals surface area contributed by atoms with Crippen LogP contribution in [0.1, 0.15) is 16.9 Å². The molecule has 0 aliphatic carbocycles. The molecule has 0 saturated heterocycles. The Morgan fingerprint density at radius 3 is 2.86 bits per heavy atom. The van der Waals surface area contributed by atoms with E-state index in [9.17, 15) is 4.79 Å². The number of para-hydroxylation sites is 1. The fourth-order valence-electron chi connectivity index (χ4n) is 2.95. The van der Waals surface area contributed by atoms with Gasteiger partial charge in [0.15, 0.2) is 5.69 Å². The second kappa shape index (κ2) is 8.75. The summed E-state index contributed by atoms with van der Waals surface area (Å²) in [7, 11) is 0. The van der Waals surface area contributed by atoms with E-state index >= 15 is 0 Å². The van der Waals surface area contributed by atoms with E-state index in [-0.39, 0.29) is 5.91 Å². The van der Waals surface area contributed by atoms with Crippen LogP contribution >= 0.6 is 11.6 Å². The highest BCUT2D eigenvalue weighted by Gasteiger charge is 2.10. The topological polar surface area (TPSA) is 69.0 Å². The number of nitrogens with one attached hydrogen (secondary N) is 1. The van der Waals surface area contributed by atoms with Crippen molar-refractivity contribution in [3.63, 3.8) is 0 Å². The van der Waals surface area contributed by atoms with Gasteiger partial charge in [-0.15, -0.1) is 0 Å². The lowest BCUT2D eigenvalue weighted by Gasteiger charge is -2.09. The lowest BCUT2D eigenvalue weighted by Crippen LogP contribution is -2.26. The van der Waals surface area contributed by atoms with Gasteiger partial charge in [0.05, 0.1) is 12.3 Å². The Kier molecular flexibility index (Phi) is 5.72. The number of hydrogen-bond donors (Lipinski definition) is 1. The number of ether oxygens (including phenoxy) is 1. The maximum atomic E-state index is 12.3. The Hall–Kier alpha value is -3.38. The molecule has 0 spiro atoms. The minimum Gasteiger partial charge on any atom is -0.491 e. The van der Waals surface area contributed by atoms with Gasteiger partial charge in [-0.25, -0.2) is 4.68 Å². The average molecular weight is 407 g/mol. The van der Waals surface area contributed by atoms with Crippen molar-refractivity contribution in [3.8, 4) is 11.4 Å². The Labute approximate surface area is 173 Å². The number of carbonyl (C=O) groups is 1. The quantitative estimate of drug-likeness (QED) is 0.465. The van der Waals surface area contributed by atoms with Gasteiger partial charge in [-0.1, -0.05) is 35.9 Å². The fraction of sp³-hybridized carbons (Fsp3) is 0.136. The number of rotatable bonds is 7. The van der Waals surface area contributed by atoms with Crippen LogP contribution in [0.2, 0.25) is 5.02 Å². The summed E-state index contributed by atoms with van der Waals surface area (Å²) in [6, 6.07) is 18.7. The van der Waals surface area contributed by atoms with Crippen molar-refractivity contribution in [3.05, 3.63) is 83.8 Å². The van der Waals surface area contributed by atoms with Crippen LogP contribution in [-0.2, 0) is 0 Å². The monoisotopic (exact) mass is 406 g/mol. The molecule has 0 radical (unpaired) electrons. The van der Waals surface area contributed by atoms with Crippen LogP contribution in [0.25, 0.3) is 16.6 Å². The standard InChI is InChI=1S/C22H19ClN4O2/c23-17-7-2-8-18(15-17)27-13-10-19(26-27)22(28)25-12-4-14-29-20-9-1-5-16-6-3-11-24-21(16)20/h1-3,5-11,13,15H,4,12,14H2,(H,25,28).